The second-order valence-corrected chi connectivity index (χ2v) is 6.28. The minimum Gasteiger partial charge on any atom is -0.346 e. The van der Waals surface area contributed by atoms with Crippen LogP contribution in [-0.2, 0) is 0 Å². The van der Waals surface area contributed by atoms with Gasteiger partial charge in [-0.2, -0.15) is 11.1 Å². The number of rotatable bonds is 3. The van der Waals surface area contributed by atoms with E-state index in [9.17, 15) is 0 Å². The molecule has 0 bridgehead atoms. The third kappa shape index (κ3) is 2.67. The van der Waals surface area contributed by atoms with E-state index in [0.717, 1.165) is 33.3 Å². The summed E-state index contributed by atoms with van der Waals surface area (Å²) in [5, 5.41) is 1.12. The van der Waals surface area contributed by atoms with Gasteiger partial charge in [0.15, 0.2) is 0 Å². The van der Waals surface area contributed by atoms with Crippen molar-refractivity contribution in [3.8, 4) is 22.3 Å². The number of nitrogens with zero attached hydrogens (tertiary/aromatic N) is 1. The number of H-pyrrole nitrogens is 1. The standard InChI is InChI=1S/C20H18N6/c1-2-4-13(5-3-1)16-10-17-18(12-22-20(17)21-11-16)14-6-8-15(9-7-14)19-23-25-26-24-19/h1-12,19,23-26H,(H,21,22). The average molecular weight is 342 g/mol. The molecule has 26 heavy (non-hydrogen) atoms. The zero-order chi connectivity index (χ0) is 17.3. The predicted octanol–water partition coefficient (Wildman–Crippen LogP) is 3.01. The second-order valence-electron chi connectivity index (χ2n) is 6.28. The molecule has 2 aromatic heterocycles. The van der Waals surface area contributed by atoms with Crippen LogP contribution in [0.5, 0.6) is 0 Å². The minimum atomic E-state index is 0.0402. The molecule has 128 valence electrons. The van der Waals surface area contributed by atoms with E-state index in [1.165, 1.54) is 5.56 Å². The van der Waals surface area contributed by atoms with Crippen molar-refractivity contribution in [1.82, 2.24) is 31.9 Å². The Balaban J connectivity index is 1.54. The van der Waals surface area contributed by atoms with Crippen LogP contribution in [0.2, 0.25) is 0 Å². The molecule has 5 N–H and O–H groups in total. The van der Waals surface area contributed by atoms with Crippen molar-refractivity contribution in [1.29, 1.82) is 0 Å². The number of aromatic amines is 1. The smallest absolute Gasteiger partial charge is 0.137 e. The van der Waals surface area contributed by atoms with Crippen molar-refractivity contribution in [3.63, 3.8) is 0 Å². The Hall–Kier alpha value is -3.03. The monoisotopic (exact) mass is 342 g/mol. The van der Waals surface area contributed by atoms with Crippen LogP contribution in [0.4, 0.5) is 0 Å². The number of aromatic nitrogens is 2. The van der Waals surface area contributed by atoms with Gasteiger partial charge in [0.1, 0.15) is 11.8 Å². The van der Waals surface area contributed by atoms with E-state index in [1.807, 2.05) is 30.6 Å². The lowest BCUT2D eigenvalue weighted by Gasteiger charge is -2.10. The summed E-state index contributed by atoms with van der Waals surface area (Å²) >= 11 is 0. The van der Waals surface area contributed by atoms with E-state index < -0.39 is 0 Å². The van der Waals surface area contributed by atoms with Crippen LogP contribution in [-0.4, -0.2) is 9.97 Å². The SMILES string of the molecule is c1ccc(-c2cnc3[nH]cc(-c4ccc(C5NNNN5)cc4)c3c2)cc1. The van der Waals surface area contributed by atoms with E-state index >= 15 is 0 Å². The van der Waals surface area contributed by atoms with Crippen molar-refractivity contribution in [2.75, 3.05) is 0 Å². The first kappa shape index (κ1) is 15.2. The van der Waals surface area contributed by atoms with Crippen molar-refractivity contribution < 1.29 is 0 Å². The maximum Gasteiger partial charge on any atom is 0.137 e. The summed E-state index contributed by atoms with van der Waals surface area (Å²) in [5.41, 5.74) is 18.5. The fraction of sp³-hybridized carbons (Fsp3) is 0.0500. The highest BCUT2D eigenvalue weighted by molar-refractivity contribution is 5.95. The summed E-state index contributed by atoms with van der Waals surface area (Å²) in [6.07, 6.45) is 3.98. The van der Waals surface area contributed by atoms with Crippen LogP contribution < -0.4 is 21.9 Å². The minimum absolute atomic E-state index is 0.0402. The molecule has 0 unspecified atom stereocenters. The third-order valence-electron chi connectivity index (χ3n) is 4.69. The molecule has 0 atom stereocenters. The summed E-state index contributed by atoms with van der Waals surface area (Å²) in [6, 6.07) is 21.0. The molecular weight excluding hydrogens is 324 g/mol. The van der Waals surface area contributed by atoms with E-state index in [0.29, 0.717) is 0 Å². The molecule has 4 aromatic rings. The van der Waals surface area contributed by atoms with E-state index in [2.05, 4.69) is 74.4 Å². The highest BCUT2D eigenvalue weighted by atomic mass is 15.8. The Bertz CT molecular complexity index is 1030. The molecule has 1 saturated heterocycles. The van der Waals surface area contributed by atoms with E-state index in [4.69, 9.17) is 0 Å². The molecule has 3 heterocycles. The number of hydrogen-bond donors (Lipinski definition) is 5. The summed E-state index contributed by atoms with van der Waals surface area (Å²) in [7, 11) is 0. The Labute approximate surface area is 150 Å². The van der Waals surface area contributed by atoms with Gasteiger partial charge in [0.25, 0.3) is 0 Å². The first-order valence-electron chi connectivity index (χ1n) is 8.52. The average Bonchev–Trinajstić information content (AvgIpc) is 3.38. The maximum atomic E-state index is 4.59. The van der Waals surface area contributed by atoms with Gasteiger partial charge in [-0.15, -0.1) is 0 Å². The van der Waals surface area contributed by atoms with Crippen LogP contribution in [0.3, 0.4) is 0 Å². The van der Waals surface area contributed by atoms with Crippen molar-refractivity contribution in [2.24, 2.45) is 0 Å². The van der Waals surface area contributed by atoms with Gasteiger partial charge in [0.2, 0.25) is 0 Å². The number of nitrogens with one attached hydrogen (secondary N) is 5. The molecule has 0 saturated carbocycles. The Morgan fingerprint density at radius 3 is 2.31 bits per heavy atom. The van der Waals surface area contributed by atoms with Gasteiger partial charge in [-0.1, -0.05) is 54.6 Å². The molecule has 1 aliphatic heterocycles. The zero-order valence-corrected chi connectivity index (χ0v) is 14.0. The number of hydrogen-bond acceptors (Lipinski definition) is 5. The summed E-state index contributed by atoms with van der Waals surface area (Å²) in [5.74, 6) is 0. The fourth-order valence-corrected chi connectivity index (χ4v) is 3.31. The molecule has 5 rings (SSSR count). The first-order chi connectivity index (χ1) is 12.9. The van der Waals surface area contributed by atoms with Crippen molar-refractivity contribution in [3.05, 3.63) is 78.6 Å². The topological polar surface area (TPSA) is 76.8 Å². The molecule has 0 spiro atoms. The van der Waals surface area contributed by atoms with Gasteiger partial charge in [0.05, 0.1) is 0 Å². The number of hydrazine groups is 3. The van der Waals surface area contributed by atoms with Crippen LogP contribution in [0.15, 0.2) is 73.1 Å². The van der Waals surface area contributed by atoms with Gasteiger partial charge in [-0.05, 0) is 22.8 Å². The molecule has 6 nitrogen and oxygen atoms in total. The predicted molar refractivity (Wildman–Crippen MR) is 102 cm³/mol. The van der Waals surface area contributed by atoms with Crippen LogP contribution >= 0.6 is 0 Å². The van der Waals surface area contributed by atoms with Gasteiger partial charge in [0, 0.05) is 28.9 Å². The van der Waals surface area contributed by atoms with Crippen LogP contribution in [0, 0.1) is 0 Å². The largest absolute Gasteiger partial charge is 0.346 e. The number of fused-ring (bicyclic) bond motifs is 1. The lowest BCUT2D eigenvalue weighted by molar-refractivity contribution is 0.555. The zero-order valence-electron chi connectivity index (χ0n) is 14.0. The van der Waals surface area contributed by atoms with Gasteiger partial charge >= 0.3 is 0 Å². The highest BCUT2D eigenvalue weighted by Gasteiger charge is 2.15. The third-order valence-corrected chi connectivity index (χ3v) is 4.69. The molecule has 2 aromatic carbocycles. The fourth-order valence-electron chi connectivity index (χ4n) is 3.31. The lowest BCUT2D eigenvalue weighted by Crippen LogP contribution is -2.33. The normalized spacial score (nSPS) is 14.9. The van der Waals surface area contributed by atoms with E-state index in [-0.39, 0.29) is 6.17 Å². The Morgan fingerprint density at radius 1 is 0.769 bits per heavy atom. The second kappa shape index (κ2) is 6.36. The van der Waals surface area contributed by atoms with Gasteiger partial charge in [-0.25, -0.2) is 15.8 Å². The number of benzene rings is 2. The Kier molecular flexibility index (Phi) is 3.73. The van der Waals surface area contributed by atoms with E-state index in [1.54, 1.807) is 0 Å². The molecular formula is C20H18N6. The first-order valence-corrected chi connectivity index (χ1v) is 8.52. The van der Waals surface area contributed by atoms with Crippen molar-refractivity contribution in [2.45, 2.75) is 6.17 Å². The maximum absolute atomic E-state index is 4.59. The quantitative estimate of drug-likeness (QED) is 0.396. The number of pyridine rings is 1. The van der Waals surface area contributed by atoms with Crippen LogP contribution in [0.1, 0.15) is 11.7 Å². The van der Waals surface area contributed by atoms with Gasteiger partial charge in [-0.3, -0.25) is 0 Å². The summed E-state index contributed by atoms with van der Waals surface area (Å²) in [6.45, 7) is 0. The molecule has 0 aliphatic carbocycles. The molecule has 0 radical (unpaired) electrons. The molecule has 1 fully saturated rings. The molecule has 1 aliphatic rings. The van der Waals surface area contributed by atoms with Crippen molar-refractivity contribution >= 4 is 11.0 Å². The highest BCUT2D eigenvalue weighted by Crippen LogP contribution is 2.31. The van der Waals surface area contributed by atoms with Gasteiger partial charge < -0.3 is 4.98 Å². The Morgan fingerprint density at radius 2 is 1.54 bits per heavy atom. The summed E-state index contributed by atoms with van der Waals surface area (Å²) in [4.78, 5) is 7.87. The molecule has 6 heteroatoms. The molecule has 0 amide bonds. The van der Waals surface area contributed by atoms with Crippen LogP contribution in [0.25, 0.3) is 33.3 Å². The lowest BCUT2D eigenvalue weighted by atomic mass is 10.0. The summed E-state index contributed by atoms with van der Waals surface area (Å²) < 4.78 is 0.